The van der Waals surface area contributed by atoms with Crippen LogP contribution in [0, 0.1) is 24.5 Å². The molecule has 0 atom stereocenters. The van der Waals surface area contributed by atoms with Gasteiger partial charge < -0.3 is 0 Å². The van der Waals surface area contributed by atoms with Crippen molar-refractivity contribution in [1.29, 1.82) is 0 Å². The van der Waals surface area contributed by atoms with E-state index in [1.54, 1.807) is 0 Å². The van der Waals surface area contributed by atoms with Crippen LogP contribution in [0.3, 0.4) is 0 Å². The van der Waals surface area contributed by atoms with E-state index in [1.807, 2.05) is 0 Å². The van der Waals surface area contributed by atoms with Crippen molar-refractivity contribution in [2.45, 2.75) is 44.6 Å². The maximum atomic E-state index is 13.5. The predicted molar refractivity (Wildman–Crippen MR) is 66.4 cm³/mol. The van der Waals surface area contributed by atoms with Crippen LogP contribution >= 0.6 is 0 Å². The fraction of sp³-hybridized carbons (Fsp3) is 0.571. The van der Waals surface area contributed by atoms with E-state index in [4.69, 9.17) is 0 Å². The van der Waals surface area contributed by atoms with Gasteiger partial charge in [-0.05, 0) is 49.3 Å². The molecule has 0 saturated heterocycles. The third kappa shape index (κ3) is 2.76. The van der Waals surface area contributed by atoms with Crippen LogP contribution in [0.4, 0.5) is 8.78 Å². The lowest BCUT2D eigenvalue weighted by Crippen LogP contribution is -2.13. The van der Waals surface area contributed by atoms with Gasteiger partial charge in [0.15, 0.2) is 0 Å². The van der Waals surface area contributed by atoms with Crippen LogP contribution in [0.15, 0.2) is 12.1 Å². The highest BCUT2D eigenvalue weighted by Gasteiger charge is 2.22. The average Bonchev–Trinajstić information content (AvgIpc) is 2.35. The van der Waals surface area contributed by atoms with Crippen molar-refractivity contribution >= 4 is 10.2 Å². The topological polar surface area (TPSA) is 0 Å². The third-order valence-corrected chi connectivity index (χ3v) is 4.49. The first-order valence-corrected chi connectivity index (χ1v) is 6.92. The predicted octanol–water partition coefficient (Wildman–Crippen LogP) is 4.13. The zero-order valence-electron chi connectivity index (χ0n) is 10.1. The smallest absolute Gasteiger partial charge is 0.129 e. The molecule has 0 aromatic heterocycles. The molecule has 1 aromatic carbocycles. The molecule has 0 nitrogen and oxygen atoms in total. The molecule has 3 heteroatoms. The van der Waals surface area contributed by atoms with Crippen LogP contribution in [0.1, 0.15) is 42.7 Å². The second kappa shape index (κ2) is 5.30. The number of halogens is 2. The Balaban J connectivity index is 2.13. The second-order valence-electron chi connectivity index (χ2n) is 5.03. The summed E-state index contributed by atoms with van der Waals surface area (Å²) in [5, 5.41) is 0. The number of benzene rings is 1. The molecule has 3 radical (unpaired) electrons. The van der Waals surface area contributed by atoms with Crippen molar-refractivity contribution in [1.82, 2.24) is 0 Å². The highest BCUT2D eigenvalue weighted by molar-refractivity contribution is 6.08. The summed E-state index contributed by atoms with van der Waals surface area (Å²) < 4.78 is 27.0. The number of hydrogen-bond acceptors (Lipinski definition) is 0. The van der Waals surface area contributed by atoms with Gasteiger partial charge >= 0.3 is 0 Å². The summed E-state index contributed by atoms with van der Waals surface area (Å²) in [6.45, 7) is 1.48. The van der Waals surface area contributed by atoms with Crippen LogP contribution in [-0.2, 0) is 0 Å². The SMILES string of the molecule is Cc1c(F)cc(C2CCC(C[Si])CC2)cc1F. The van der Waals surface area contributed by atoms with Crippen LogP contribution in [0.2, 0.25) is 6.04 Å². The van der Waals surface area contributed by atoms with Gasteiger partial charge in [0, 0.05) is 15.8 Å². The molecule has 0 unspecified atom stereocenters. The van der Waals surface area contributed by atoms with Gasteiger partial charge in [0.05, 0.1) is 0 Å². The Bertz CT molecular complexity index is 372. The summed E-state index contributed by atoms with van der Waals surface area (Å²) in [5.41, 5.74) is 0.959. The molecule has 0 aliphatic heterocycles. The quantitative estimate of drug-likeness (QED) is 0.693. The molecule has 0 amide bonds. The fourth-order valence-electron chi connectivity index (χ4n) is 2.60. The highest BCUT2D eigenvalue weighted by Crippen LogP contribution is 2.37. The van der Waals surface area contributed by atoms with Crippen molar-refractivity contribution in [3.8, 4) is 0 Å². The van der Waals surface area contributed by atoms with Gasteiger partial charge in [0.1, 0.15) is 11.6 Å². The zero-order chi connectivity index (χ0) is 12.4. The summed E-state index contributed by atoms with van der Waals surface area (Å²) >= 11 is 0. The van der Waals surface area contributed by atoms with E-state index in [2.05, 4.69) is 10.2 Å². The maximum Gasteiger partial charge on any atom is 0.129 e. The lowest BCUT2D eigenvalue weighted by molar-refractivity contribution is 0.347. The summed E-state index contributed by atoms with van der Waals surface area (Å²) in [4.78, 5) is 0. The molecule has 1 saturated carbocycles. The van der Waals surface area contributed by atoms with Crippen LogP contribution < -0.4 is 0 Å². The van der Waals surface area contributed by atoms with Gasteiger partial charge in [-0.15, -0.1) is 0 Å². The normalized spacial score (nSPS) is 24.9. The Kier molecular flexibility index (Phi) is 3.97. The third-order valence-electron chi connectivity index (χ3n) is 3.91. The molecule has 1 aliphatic carbocycles. The van der Waals surface area contributed by atoms with Gasteiger partial charge in [0.2, 0.25) is 0 Å². The molecule has 0 N–H and O–H groups in total. The molecule has 91 valence electrons. The first-order valence-electron chi connectivity index (χ1n) is 6.22. The molecule has 0 bridgehead atoms. The standard InChI is InChI=1S/C14H17F2Si/c1-9-13(15)6-12(7-14(9)16)11-4-2-10(8-17)3-5-11/h6-7,10-11H,2-5,8H2,1H3. The molecule has 2 rings (SSSR count). The van der Waals surface area contributed by atoms with Crippen molar-refractivity contribution in [3.63, 3.8) is 0 Å². The minimum atomic E-state index is -0.415. The Labute approximate surface area is 105 Å². The maximum absolute atomic E-state index is 13.5. The van der Waals surface area contributed by atoms with Gasteiger partial charge in [-0.1, -0.05) is 18.9 Å². The fourth-order valence-corrected chi connectivity index (χ4v) is 3.01. The minimum absolute atomic E-state index is 0.127. The number of rotatable bonds is 2. The lowest BCUT2D eigenvalue weighted by atomic mass is 9.79. The van der Waals surface area contributed by atoms with E-state index < -0.39 is 11.6 Å². The van der Waals surface area contributed by atoms with E-state index in [9.17, 15) is 8.78 Å². The molecule has 0 heterocycles. The molecule has 1 aliphatic rings. The van der Waals surface area contributed by atoms with Crippen molar-refractivity contribution < 1.29 is 8.78 Å². The van der Waals surface area contributed by atoms with E-state index in [0.29, 0.717) is 5.92 Å². The van der Waals surface area contributed by atoms with Crippen molar-refractivity contribution in [2.75, 3.05) is 0 Å². The Morgan fingerprint density at radius 2 is 1.65 bits per heavy atom. The van der Waals surface area contributed by atoms with Crippen LogP contribution in [0.25, 0.3) is 0 Å². The summed E-state index contributed by atoms with van der Waals surface area (Å²) in [7, 11) is 3.55. The molecular formula is C14H17F2Si. The molecule has 17 heavy (non-hydrogen) atoms. The average molecular weight is 251 g/mol. The Morgan fingerprint density at radius 3 is 2.12 bits per heavy atom. The second-order valence-corrected chi connectivity index (χ2v) is 5.44. The number of hydrogen-bond donors (Lipinski definition) is 0. The van der Waals surface area contributed by atoms with Gasteiger partial charge in [0.25, 0.3) is 0 Å². The largest absolute Gasteiger partial charge is 0.207 e. The summed E-state index contributed by atoms with van der Waals surface area (Å²) in [6, 6.07) is 4.05. The molecule has 1 aromatic rings. The van der Waals surface area contributed by atoms with E-state index >= 15 is 0 Å². The van der Waals surface area contributed by atoms with E-state index in [-0.39, 0.29) is 5.56 Å². The Hall–Kier alpha value is -0.703. The van der Waals surface area contributed by atoms with Gasteiger partial charge in [-0.2, -0.15) is 0 Å². The molecule has 0 spiro atoms. The van der Waals surface area contributed by atoms with Crippen molar-refractivity contribution in [2.24, 2.45) is 5.92 Å². The molecular weight excluding hydrogens is 234 g/mol. The van der Waals surface area contributed by atoms with E-state index in [1.165, 1.54) is 19.1 Å². The van der Waals surface area contributed by atoms with Crippen molar-refractivity contribution in [3.05, 3.63) is 34.9 Å². The highest BCUT2D eigenvalue weighted by atomic mass is 28.1. The zero-order valence-corrected chi connectivity index (χ0v) is 11.1. The Morgan fingerprint density at radius 1 is 1.12 bits per heavy atom. The van der Waals surface area contributed by atoms with Gasteiger partial charge in [-0.25, -0.2) is 8.78 Å². The summed E-state index contributed by atoms with van der Waals surface area (Å²) in [5.74, 6) is 0.224. The van der Waals surface area contributed by atoms with Crippen LogP contribution in [0.5, 0.6) is 0 Å². The van der Waals surface area contributed by atoms with Crippen LogP contribution in [-0.4, -0.2) is 10.2 Å². The van der Waals surface area contributed by atoms with E-state index in [0.717, 1.165) is 43.2 Å². The molecule has 1 fully saturated rings. The minimum Gasteiger partial charge on any atom is -0.207 e. The summed E-state index contributed by atoms with van der Waals surface area (Å²) in [6.07, 6.45) is 4.37. The first-order chi connectivity index (χ1) is 8.11. The first kappa shape index (κ1) is 12.7. The monoisotopic (exact) mass is 251 g/mol. The van der Waals surface area contributed by atoms with Gasteiger partial charge in [-0.3, -0.25) is 0 Å². The lowest BCUT2D eigenvalue weighted by Gasteiger charge is -2.28.